The van der Waals surface area contributed by atoms with E-state index in [1.54, 1.807) is 18.2 Å². The molecule has 1 unspecified atom stereocenters. The average molecular weight is 331 g/mol. The summed E-state index contributed by atoms with van der Waals surface area (Å²) in [4.78, 5) is 12.3. The van der Waals surface area contributed by atoms with Gasteiger partial charge in [0.1, 0.15) is 5.25 Å². The number of hydrogen-bond donors (Lipinski definition) is 1. The summed E-state index contributed by atoms with van der Waals surface area (Å²) in [5.74, 6) is -0.649. The molecule has 2 rings (SSSR count). The van der Waals surface area contributed by atoms with Crippen molar-refractivity contribution in [2.24, 2.45) is 0 Å². The first-order chi connectivity index (χ1) is 10.8. The second kappa shape index (κ2) is 6.96. The van der Waals surface area contributed by atoms with Gasteiger partial charge in [-0.05, 0) is 38.0 Å². The van der Waals surface area contributed by atoms with Crippen molar-refractivity contribution in [3.8, 4) is 0 Å². The van der Waals surface area contributed by atoms with Crippen molar-refractivity contribution in [1.29, 1.82) is 0 Å². The first-order valence-electron chi connectivity index (χ1n) is 7.43. The lowest BCUT2D eigenvalue weighted by Gasteiger charge is -2.15. The second-order valence-electron chi connectivity index (χ2n) is 5.74. The van der Waals surface area contributed by atoms with Crippen LogP contribution < -0.4 is 5.32 Å². The number of nitrogens with one attached hydrogen (secondary N) is 1. The van der Waals surface area contributed by atoms with Crippen molar-refractivity contribution in [3.05, 3.63) is 65.2 Å². The maximum Gasteiger partial charge on any atom is 0.242 e. The van der Waals surface area contributed by atoms with Crippen LogP contribution in [-0.2, 0) is 20.4 Å². The van der Waals surface area contributed by atoms with Crippen molar-refractivity contribution in [2.45, 2.75) is 31.8 Å². The summed E-state index contributed by atoms with van der Waals surface area (Å²) in [5, 5.41) is 1.59. The summed E-state index contributed by atoms with van der Waals surface area (Å²) in [6.45, 7) is 5.20. The zero-order valence-corrected chi connectivity index (χ0v) is 14.4. The van der Waals surface area contributed by atoms with Crippen LogP contribution in [0.4, 0.5) is 5.69 Å². The van der Waals surface area contributed by atoms with E-state index >= 15 is 0 Å². The molecule has 0 aromatic heterocycles. The lowest BCUT2D eigenvalue weighted by atomic mass is 10.2. The van der Waals surface area contributed by atoms with Gasteiger partial charge in [0.05, 0.1) is 5.75 Å². The summed E-state index contributed by atoms with van der Waals surface area (Å²) in [5.41, 5.74) is 3.22. The summed E-state index contributed by atoms with van der Waals surface area (Å²) in [6.07, 6.45) is 0. The molecule has 5 heteroatoms. The van der Waals surface area contributed by atoms with Crippen LogP contribution in [0.25, 0.3) is 0 Å². The van der Waals surface area contributed by atoms with E-state index in [4.69, 9.17) is 0 Å². The first-order valence-corrected chi connectivity index (χ1v) is 9.15. The van der Waals surface area contributed by atoms with E-state index in [0.29, 0.717) is 11.3 Å². The minimum Gasteiger partial charge on any atom is -0.325 e. The third-order valence-corrected chi connectivity index (χ3v) is 5.79. The molecule has 0 bridgehead atoms. The van der Waals surface area contributed by atoms with Crippen LogP contribution in [0, 0.1) is 13.8 Å². The smallest absolute Gasteiger partial charge is 0.242 e. The van der Waals surface area contributed by atoms with Crippen LogP contribution in [0.15, 0.2) is 48.5 Å². The fourth-order valence-corrected chi connectivity index (χ4v) is 3.55. The molecule has 0 fully saturated rings. The molecular weight excluding hydrogens is 310 g/mol. The summed E-state index contributed by atoms with van der Waals surface area (Å²) in [7, 11) is -3.57. The van der Waals surface area contributed by atoms with Crippen molar-refractivity contribution < 1.29 is 13.2 Å². The van der Waals surface area contributed by atoms with Crippen LogP contribution in [-0.4, -0.2) is 19.6 Å². The fraction of sp³-hybridized carbons (Fsp3) is 0.278. The quantitative estimate of drug-likeness (QED) is 0.915. The SMILES string of the molecule is Cc1cccc(CS(=O)(=O)C(C)C(=O)Nc2ccccc2C)c1. The van der Waals surface area contributed by atoms with Gasteiger partial charge in [-0.15, -0.1) is 0 Å². The van der Waals surface area contributed by atoms with Gasteiger partial charge >= 0.3 is 0 Å². The van der Waals surface area contributed by atoms with Gasteiger partial charge in [0.2, 0.25) is 5.91 Å². The number of aryl methyl sites for hydroxylation is 2. The van der Waals surface area contributed by atoms with Crippen molar-refractivity contribution in [1.82, 2.24) is 0 Å². The zero-order valence-electron chi connectivity index (χ0n) is 13.5. The number of carbonyl (C=O) groups excluding carboxylic acids is 1. The van der Waals surface area contributed by atoms with Gasteiger partial charge in [-0.2, -0.15) is 0 Å². The van der Waals surface area contributed by atoms with E-state index < -0.39 is 21.0 Å². The van der Waals surface area contributed by atoms with E-state index in [1.165, 1.54) is 6.92 Å². The van der Waals surface area contributed by atoms with Gasteiger partial charge < -0.3 is 5.32 Å². The highest BCUT2D eigenvalue weighted by Gasteiger charge is 2.28. The molecule has 122 valence electrons. The summed E-state index contributed by atoms with van der Waals surface area (Å²) < 4.78 is 24.9. The molecule has 0 aliphatic heterocycles. The molecule has 0 spiro atoms. The van der Waals surface area contributed by atoms with E-state index in [2.05, 4.69) is 5.32 Å². The predicted molar refractivity (Wildman–Crippen MR) is 93.1 cm³/mol. The van der Waals surface area contributed by atoms with Crippen molar-refractivity contribution in [2.75, 3.05) is 5.32 Å². The number of hydrogen-bond acceptors (Lipinski definition) is 3. The average Bonchev–Trinajstić information content (AvgIpc) is 2.48. The highest BCUT2D eigenvalue weighted by atomic mass is 32.2. The molecule has 23 heavy (non-hydrogen) atoms. The molecule has 0 saturated carbocycles. The summed E-state index contributed by atoms with van der Waals surface area (Å²) in [6, 6.07) is 14.6. The molecule has 0 radical (unpaired) electrons. The predicted octanol–water partition coefficient (Wildman–Crippen LogP) is 3.25. The van der Waals surface area contributed by atoms with E-state index in [1.807, 2.05) is 44.2 Å². The monoisotopic (exact) mass is 331 g/mol. The Hall–Kier alpha value is -2.14. The molecule has 1 amide bonds. The Morgan fingerprint density at radius 1 is 1.09 bits per heavy atom. The number of carbonyl (C=O) groups is 1. The molecule has 0 aliphatic rings. The Labute approximate surface area is 137 Å². The van der Waals surface area contributed by atoms with Crippen LogP contribution >= 0.6 is 0 Å². The minimum absolute atomic E-state index is 0.142. The van der Waals surface area contributed by atoms with E-state index in [9.17, 15) is 13.2 Å². The molecule has 1 atom stereocenters. The molecule has 0 aliphatic carbocycles. The maximum atomic E-state index is 12.5. The number of anilines is 1. The lowest BCUT2D eigenvalue weighted by molar-refractivity contribution is -0.115. The third-order valence-electron chi connectivity index (χ3n) is 3.76. The number of benzene rings is 2. The number of para-hydroxylation sites is 1. The number of amides is 1. The standard InChI is InChI=1S/C18H21NO3S/c1-13-7-6-9-16(11-13)12-23(21,22)15(3)18(20)19-17-10-5-4-8-14(17)2/h4-11,15H,12H2,1-3H3,(H,19,20). The van der Waals surface area contributed by atoms with Crippen molar-refractivity contribution in [3.63, 3.8) is 0 Å². The first kappa shape index (κ1) is 17.2. The van der Waals surface area contributed by atoms with Gasteiger partial charge in [0.25, 0.3) is 0 Å². The molecule has 2 aromatic rings. The maximum absolute atomic E-state index is 12.5. The molecule has 2 aromatic carbocycles. The highest BCUT2D eigenvalue weighted by Crippen LogP contribution is 2.17. The van der Waals surface area contributed by atoms with Crippen LogP contribution in [0.2, 0.25) is 0 Å². The Morgan fingerprint density at radius 2 is 1.78 bits per heavy atom. The zero-order chi connectivity index (χ0) is 17.0. The van der Waals surface area contributed by atoms with Gasteiger partial charge in [-0.3, -0.25) is 4.79 Å². The Balaban J connectivity index is 2.13. The van der Waals surface area contributed by atoms with Crippen LogP contribution in [0.3, 0.4) is 0 Å². The highest BCUT2D eigenvalue weighted by molar-refractivity contribution is 7.92. The Kier molecular flexibility index (Phi) is 5.21. The van der Waals surface area contributed by atoms with Crippen LogP contribution in [0.1, 0.15) is 23.6 Å². The van der Waals surface area contributed by atoms with E-state index in [0.717, 1.165) is 11.1 Å². The van der Waals surface area contributed by atoms with E-state index in [-0.39, 0.29) is 5.75 Å². The van der Waals surface area contributed by atoms with Gasteiger partial charge in [0.15, 0.2) is 9.84 Å². The van der Waals surface area contributed by atoms with Gasteiger partial charge in [0, 0.05) is 5.69 Å². The Morgan fingerprint density at radius 3 is 2.43 bits per heavy atom. The molecular formula is C18H21NO3S. The molecule has 0 saturated heterocycles. The normalized spacial score (nSPS) is 12.7. The summed E-state index contributed by atoms with van der Waals surface area (Å²) >= 11 is 0. The fourth-order valence-electron chi connectivity index (χ4n) is 2.27. The third kappa shape index (κ3) is 4.42. The Bertz CT molecular complexity index is 813. The number of rotatable bonds is 5. The lowest BCUT2D eigenvalue weighted by Crippen LogP contribution is -2.33. The molecule has 1 N–H and O–H groups in total. The van der Waals surface area contributed by atoms with Gasteiger partial charge in [-0.25, -0.2) is 8.42 Å². The number of sulfone groups is 1. The van der Waals surface area contributed by atoms with Crippen molar-refractivity contribution >= 4 is 21.4 Å². The molecule has 0 heterocycles. The second-order valence-corrected chi connectivity index (χ2v) is 8.06. The van der Waals surface area contributed by atoms with Crippen LogP contribution in [0.5, 0.6) is 0 Å². The molecule has 4 nitrogen and oxygen atoms in total. The minimum atomic E-state index is -3.57. The largest absolute Gasteiger partial charge is 0.325 e. The topological polar surface area (TPSA) is 63.2 Å². The van der Waals surface area contributed by atoms with Gasteiger partial charge in [-0.1, -0.05) is 48.0 Å².